The molecule has 3 aliphatic rings. The van der Waals surface area contributed by atoms with Crippen molar-refractivity contribution in [1.29, 1.82) is 0 Å². The summed E-state index contributed by atoms with van der Waals surface area (Å²) >= 11 is 12.7. The first-order valence-electron chi connectivity index (χ1n) is 19.1. The van der Waals surface area contributed by atoms with Crippen LogP contribution in [0.3, 0.4) is 0 Å². The van der Waals surface area contributed by atoms with Crippen molar-refractivity contribution in [2.75, 3.05) is 66.2 Å². The summed E-state index contributed by atoms with van der Waals surface area (Å²) in [6.45, 7) is 1.62. The van der Waals surface area contributed by atoms with Gasteiger partial charge in [-0.3, -0.25) is 14.4 Å². The molecular formula is C41H46Cl3F6N3O6. The maximum atomic E-state index is 13.8. The lowest BCUT2D eigenvalue weighted by atomic mass is 9.72. The highest BCUT2D eigenvalue weighted by atomic mass is 35.5. The van der Waals surface area contributed by atoms with E-state index in [1.807, 2.05) is 12.1 Å². The number of hydrogen-bond donors (Lipinski definition) is 1. The molecule has 3 aromatic carbocycles. The number of alkyl halides is 6. The van der Waals surface area contributed by atoms with Crippen LogP contribution in [0.2, 0.25) is 10.0 Å². The number of nitrogens with zero attached hydrogens (tertiary/aromatic N) is 3. The number of benzene rings is 3. The number of unbranched alkanes of at least 4 members (excludes halogenated alkanes) is 1. The van der Waals surface area contributed by atoms with E-state index in [2.05, 4.69) is 17.0 Å². The molecule has 0 bridgehead atoms. The fraction of sp³-hybridized carbons (Fsp3) is 0.512. The van der Waals surface area contributed by atoms with Gasteiger partial charge in [-0.15, -0.1) is 12.4 Å². The number of ether oxygens (including phenoxy) is 2. The Morgan fingerprint density at radius 2 is 1.61 bits per heavy atom. The molecule has 59 heavy (non-hydrogen) atoms. The summed E-state index contributed by atoms with van der Waals surface area (Å²) in [5.74, 6) is -1.31. The highest BCUT2D eigenvalue weighted by molar-refractivity contribution is 6.42. The number of hydrogen-bond acceptors (Lipinski definition) is 7. The molecule has 2 atom stereocenters. The zero-order valence-electron chi connectivity index (χ0n) is 32.2. The van der Waals surface area contributed by atoms with Gasteiger partial charge in [0.25, 0.3) is 11.8 Å². The maximum absolute atomic E-state index is 13.8. The molecule has 0 radical (unpaired) electrons. The van der Waals surface area contributed by atoms with Gasteiger partial charge in [0, 0.05) is 37.2 Å². The van der Waals surface area contributed by atoms with E-state index >= 15 is 0 Å². The molecular weight excluding hydrogens is 851 g/mol. The Kier molecular flexibility index (Phi) is 15.3. The second-order valence-corrected chi connectivity index (χ2v) is 15.8. The first kappa shape index (κ1) is 46.9. The van der Waals surface area contributed by atoms with Crippen molar-refractivity contribution in [3.05, 3.63) is 104 Å². The Bertz CT molecular complexity index is 1910. The lowest BCUT2D eigenvalue weighted by Gasteiger charge is -2.46. The number of aliphatic hydroxyl groups is 1. The molecule has 2 heterocycles. The predicted octanol–water partition coefficient (Wildman–Crippen LogP) is 8.35. The molecule has 1 N–H and O–H groups in total. The van der Waals surface area contributed by atoms with E-state index in [1.165, 1.54) is 22.6 Å². The van der Waals surface area contributed by atoms with E-state index in [1.54, 1.807) is 18.2 Å². The summed E-state index contributed by atoms with van der Waals surface area (Å²) in [5.41, 5.74) is -2.60. The van der Waals surface area contributed by atoms with Gasteiger partial charge in [0.15, 0.2) is 0 Å². The molecule has 6 rings (SSSR count). The smallest absolute Gasteiger partial charge is 0.396 e. The summed E-state index contributed by atoms with van der Waals surface area (Å²) < 4.78 is 95.1. The van der Waals surface area contributed by atoms with E-state index in [4.69, 9.17) is 42.6 Å². The summed E-state index contributed by atoms with van der Waals surface area (Å²) in [6, 6.07) is 13.9. The highest BCUT2D eigenvalue weighted by Crippen LogP contribution is 2.48. The first-order valence-corrected chi connectivity index (χ1v) is 19.8. The van der Waals surface area contributed by atoms with Crippen LogP contribution < -0.4 is 0 Å². The van der Waals surface area contributed by atoms with Gasteiger partial charge < -0.3 is 24.4 Å². The monoisotopic (exact) mass is 895 g/mol. The Morgan fingerprint density at radius 3 is 2.24 bits per heavy atom. The molecule has 1 spiro atoms. The van der Waals surface area contributed by atoms with E-state index < -0.39 is 40.6 Å². The van der Waals surface area contributed by atoms with Crippen LogP contribution in [0, 0.1) is 0 Å². The second kappa shape index (κ2) is 19.3. The van der Waals surface area contributed by atoms with Crippen LogP contribution in [0.4, 0.5) is 26.3 Å². The average Bonchev–Trinajstić information content (AvgIpc) is 3.50. The van der Waals surface area contributed by atoms with E-state index in [0.29, 0.717) is 82.4 Å². The summed E-state index contributed by atoms with van der Waals surface area (Å²) in [4.78, 5) is 35.6. The lowest BCUT2D eigenvalue weighted by Crippen LogP contribution is -2.54. The Hall–Kier alpha value is -3.15. The zero-order chi connectivity index (χ0) is 41.9. The van der Waals surface area contributed by atoms with E-state index in [0.717, 1.165) is 5.56 Å². The number of likely N-dealkylation sites (tertiary alicyclic amines) is 1. The lowest BCUT2D eigenvalue weighted by molar-refractivity contribution is -0.184. The molecule has 2 fully saturated rings. The topological polar surface area (TPSA) is 91.8 Å². The van der Waals surface area contributed by atoms with Crippen LogP contribution in [-0.4, -0.2) is 104 Å². The fourth-order valence-corrected chi connectivity index (χ4v) is 8.77. The SMILES string of the molecule is CON(CCCCO)C(=O)CO[C@H]1Cc2ccccc2C12CCN(CC[C@@]1(c3ccc(Cl)c(Cl)c3)CN(C(=O)c3cc(C(F)(F)F)cc(C(F)(F)F)c3)CCO1)CC2.Cl. The van der Waals surface area contributed by atoms with Crippen molar-refractivity contribution in [2.45, 2.75) is 68.0 Å². The van der Waals surface area contributed by atoms with Gasteiger partial charge in [-0.05, 0) is 98.6 Å². The number of morpholine rings is 1. The quantitative estimate of drug-likeness (QED) is 0.105. The molecule has 2 saturated heterocycles. The molecule has 2 aliphatic heterocycles. The zero-order valence-corrected chi connectivity index (χ0v) is 34.5. The maximum Gasteiger partial charge on any atom is 0.416 e. The molecule has 9 nitrogen and oxygen atoms in total. The minimum Gasteiger partial charge on any atom is -0.396 e. The van der Waals surface area contributed by atoms with Gasteiger partial charge in [-0.1, -0.05) is 53.5 Å². The number of halogens is 9. The van der Waals surface area contributed by atoms with Gasteiger partial charge in [0.05, 0.1) is 47.5 Å². The molecule has 0 unspecified atom stereocenters. The number of rotatable bonds is 13. The van der Waals surface area contributed by atoms with Crippen LogP contribution in [0.25, 0.3) is 0 Å². The minimum atomic E-state index is -5.12. The number of fused-ring (bicyclic) bond motifs is 2. The van der Waals surface area contributed by atoms with Crippen LogP contribution in [0.5, 0.6) is 0 Å². The van der Waals surface area contributed by atoms with Crippen LogP contribution in [0.1, 0.15) is 70.3 Å². The van der Waals surface area contributed by atoms with E-state index in [-0.39, 0.29) is 78.9 Å². The van der Waals surface area contributed by atoms with Gasteiger partial charge in [0.1, 0.15) is 12.2 Å². The minimum absolute atomic E-state index is 0. The normalized spacial score (nSPS) is 20.6. The number of hydroxylamine groups is 2. The van der Waals surface area contributed by atoms with Crippen molar-refractivity contribution in [2.24, 2.45) is 0 Å². The third-order valence-corrected chi connectivity index (χ3v) is 12.3. The predicted molar refractivity (Wildman–Crippen MR) is 211 cm³/mol. The molecule has 0 aromatic heterocycles. The van der Waals surface area contributed by atoms with Gasteiger partial charge in [0.2, 0.25) is 0 Å². The number of aliphatic hydroxyl groups excluding tert-OH is 1. The van der Waals surface area contributed by atoms with Crippen LogP contribution in [0.15, 0.2) is 60.7 Å². The van der Waals surface area contributed by atoms with Crippen molar-refractivity contribution >= 4 is 47.4 Å². The molecule has 2 amide bonds. The third kappa shape index (κ3) is 10.5. The molecule has 18 heteroatoms. The van der Waals surface area contributed by atoms with Crippen molar-refractivity contribution in [3.63, 3.8) is 0 Å². The van der Waals surface area contributed by atoms with Gasteiger partial charge >= 0.3 is 12.4 Å². The standard InChI is InChI=1S/C41H45Cl2F6N3O6.ClH/c1-56-52(13-4-5-18-53)36(54)25-57-35-22-27-6-2-3-7-32(27)38(35)10-14-50(15-11-38)16-12-39(29-8-9-33(42)34(43)24-29)26-51(17-19-58-39)37(55)28-20-30(40(44,45)46)23-31(21-28)41(47,48)49;/h2-3,6-9,20-21,23-24,35,53H,4-5,10-19,22,25-26H2,1H3;1H/t35-,39-;/m0./s1. The Balaban J connectivity index is 0.00000661. The molecule has 3 aromatic rings. The van der Waals surface area contributed by atoms with Crippen molar-refractivity contribution in [1.82, 2.24) is 14.9 Å². The van der Waals surface area contributed by atoms with Gasteiger partial charge in [-0.2, -0.15) is 26.3 Å². The Labute approximate surface area is 354 Å². The van der Waals surface area contributed by atoms with Crippen molar-refractivity contribution in [3.8, 4) is 0 Å². The molecule has 0 saturated carbocycles. The highest BCUT2D eigenvalue weighted by Gasteiger charge is 2.50. The number of amides is 2. The molecule has 1 aliphatic carbocycles. The second-order valence-electron chi connectivity index (χ2n) is 15.0. The molecule has 324 valence electrons. The average molecular weight is 897 g/mol. The third-order valence-electron chi connectivity index (χ3n) is 11.6. The summed E-state index contributed by atoms with van der Waals surface area (Å²) in [6.07, 6.45) is -7.05. The summed E-state index contributed by atoms with van der Waals surface area (Å²) in [7, 11) is 1.42. The van der Waals surface area contributed by atoms with Crippen LogP contribution in [-0.2, 0) is 48.9 Å². The Morgan fingerprint density at radius 1 is 0.932 bits per heavy atom. The number of piperidine rings is 1. The van der Waals surface area contributed by atoms with Gasteiger partial charge in [-0.25, -0.2) is 5.06 Å². The van der Waals surface area contributed by atoms with Crippen LogP contribution >= 0.6 is 35.6 Å². The number of carbonyl (C=O) groups is 2. The van der Waals surface area contributed by atoms with E-state index in [9.17, 15) is 35.9 Å². The number of carbonyl (C=O) groups excluding carboxylic acids is 2. The summed E-state index contributed by atoms with van der Waals surface area (Å²) in [5, 5.41) is 10.9. The fourth-order valence-electron chi connectivity index (χ4n) is 8.47. The van der Waals surface area contributed by atoms with Crippen molar-refractivity contribution < 1.29 is 55.3 Å². The first-order chi connectivity index (χ1) is 27.5. The largest absolute Gasteiger partial charge is 0.416 e.